The van der Waals surface area contributed by atoms with Crippen molar-refractivity contribution in [3.8, 4) is 0 Å². The maximum absolute atomic E-state index is 11.9. The van der Waals surface area contributed by atoms with Gasteiger partial charge < -0.3 is 0 Å². The number of rotatable bonds is 21. The molecule has 0 aromatic carbocycles. The lowest BCUT2D eigenvalue weighted by Crippen LogP contribution is -2.11. The molecule has 5 heteroatoms. The van der Waals surface area contributed by atoms with E-state index in [4.69, 9.17) is 4.18 Å². The zero-order chi connectivity index (χ0) is 19.3. The molecule has 0 radical (unpaired) electrons. The summed E-state index contributed by atoms with van der Waals surface area (Å²) in [4.78, 5) is 0. The molecule has 0 saturated heterocycles. The maximum Gasteiger partial charge on any atom is 0.267 e. The first-order valence-corrected chi connectivity index (χ1v) is 12.6. The molecule has 0 fully saturated rings. The SMILES string of the molecule is CCCCCCCCCCCCCCOS(=O)(=O)CCCCCCCF. The smallest absolute Gasteiger partial charge is 0.267 e. The van der Waals surface area contributed by atoms with Crippen molar-refractivity contribution in [2.45, 2.75) is 116 Å². The van der Waals surface area contributed by atoms with E-state index in [1.807, 2.05) is 0 Å². The summed E-state index contributed by atoms with van der Waals surface area (Å²) in [5.74, 6) is 0.0981. The molecule has 0 aliphatic heterocycles. The summed E-state index contributed by atoms with van der Waals surface area (Å²) in [7, 11) is -3.36. The summed E-state index contributed by atoms with van der Waals surface area (Å²) in [5.41, 5.74) is 0. The van der Waals surface area contributed by atoms with Crippen molar-refractivity contribution in [3.63, 3.8) is 0 Å². The molecule has 0 amide bonds. The lowest BCUT2D eigenvalue weighted by Gasteiger charge is -2.06. The zero-order valence-corrected chi connectivity index (χ0v) is 18.0. The zero-order valence-electron chi connectivity index (χ0n) is 17.2. The Balaban J connectivity index is 3.30. The van der Waals surface area contributed by atoms with E-state index in [1.54, 1.807) is 0 Å². The van der Waals surface area contributed by atoms with Crippen molar-refractivity contribution in [3.05, 3.63) is 0 Å². The molecule has 0 atom stereocenters. The predicted molar refractivity (Wildman–Crippen MR) is 110 cm³/mol. The van der Waals surface area contributed by atoms with Gasteiger partial charge in [-0.25, -0.2) is 0 Å². The summed E-state index contributed by atoms with van der Waals surface area (Å²) in [5, 5.41) is 0. The molecule has 0 saturated carbocycles. The van der Waals surface area contributed by atoms with Crippen LogP contribution in [0.15, 0.2) is 0 Å². The highest BCUT2D eigenvalue weighted by molar-refractivity contribution is 7.86. The first kappa shape index (κ1) is 25.8. The fraction of sp³-hybridized carbons (Fsp3) is 1.00. The number of unbranched alkanes of at least 4 members (excludes halogenated alkanes) is 15. The highest BCUT2D eigenvalue weighted by Gasteiger charge is 2.10. The van der Waals surface area contributed by atoms with Gasteiger partial charge in [-0.05, 0) is 19.3 Å². The second-order valence-electron chi connectivity index (χ2n) is 7.43. The van der Waals surface area contributed by atoms with E-state index in [0.29, 0.717) is 19.4 Å². The minimum atomic E-state index is -3.36. The van der Waals surface area contributed by atoms with Gasteiger partial charge in [0.15, 0.2) is 0 Å². The van der Waals surface area contributed by atoms with Gasteiger partial charge in [0, 0.05) is 0 Å². The molecule has 0 bridgehead atoms. The molecule has 3 nitrogen and oxygen atoms in total. The van der Waals surface area contributed by atoms with Crippen LogP contribution < -0.4 is 0 Å². The topological polar surface area (TPSA) is 43.4 Å². The third-order valence-corrected chi connectivity index (χ3v) is 6.10. The molecule has 26 heavy (non-hydrogen) atoms. The monoisotopic (exact) mass is 394 g/mol. The van der Waals surface area contributed by atoms with Gasteiger partial charge in [0.05, 0.1) is 19.0 Å². The molecule has 0 N–H and O–H groups in total. The normalized spacial score (nSPS) is 11.9. The molecule has 158 valence electrons. The van der Waals surface area contributed by atoms with Gasteiger partial charge in [0.1, 0.15) is 0 Å². The third-order valence-electron chi connectivity index (χ3n) is 4.79. The minimum Gasteiger partial charge on any atom is -0.270 e. The Morgan fingerprint density at radius 2 is 1.04 bits per heavy atom. The summed E-state index contributed by atoms with van der Waals surface area (Å²) >= 11 is 0. The van der Waals surface area contributed by atoms with Gasteiger partial charge in [0.25, 0.3) is 10.1 Å². The van der Waals surface area contributed by atoms with Crippen molar-refractivity contribution < 1.29 is 17.0 Å². The molecule has 0 aliphatic rings. The van der Waals surface area contributed by atoms with E-state index in [-0.39, 0.29) is 12.4 Å². The molecule has 0 aromatic heterocycles. The lowest BCUT2D eigenvalue weighted by molar-refractivity contribution is 0.305. The first-order chi connectivity index (χ1) is 12.6. The Bertz CT molecular complexity index is 371. The Hall–Kier alpha value is -0.160. The number of alkyl halides is 1. The van der Waals surface area contributed by atoms with Crippen molar-refractivity contribution in [1.29, 1.82) is 0 Å². The predicted octanol–water partition coefficient (Wildman–Crippen LogP) is 6.95. The van der Waals surface area contributed by atoms with E-state index in [0.717, 1.165) is 32.1 Å². The van der Waals surface area contributed by atoms with Gasteiger partial charge >= 0.3 is 0 Å². The molecular weight excluding hydrogens is 351 g/mol. The number of hydrogen-bond donors (Lipinski definition) is 0. The Morgan fingerprint density at radius 3 is 1.54 bits per heavy atom. The van der Waals surface area contributed by atoms with Crippen LogP contribution in [0.3, 0.4) is 0 Å². The van der Waals surface area contributed by atoms with E-state index in [1.165, 1.54) is 64.2 Å². The van der Waals surface area contributed by atoms with Crippen LogP contribution in [0, 0.1) is 0 Å². The van der Waals surface area contributed by atoms with Crippen LogP contribution in [0.4, 0.5) is 4.39 Å². The van der Waals surface area contributed by atoms with Crippen LogP contribution in [0.1, 0.15) is 116 Å². The van der Waals surface area contributed by atoms with E-state index < -0.39 is 10.1 Å². The van der Waals surface area contributed by atoms with Crippen molar-refractivity contribution in [2.75, 3.05) is 19.0 Å². The van der Waals surface area contributed by atoms with Gasteiger partial charge in [-0.3, -0.25) is 8.57 Å². The summed E-state index contributed by atoms with van der Waals surface area (Å²) in [6.07, 6.45) is 18.9. The van der Waals surface area contributed by atoms with E-state index in [2.05, 4.69) is 6.92 Å². The van der Waals surface area contributed by atoms with Crippen LogP contribution in [-0.2, 0) is 14.3 Å². The second-order valence-corrected chi connectivity index (χ2v) is 9.19. The van der Waals surface area contributed by atoms with Gasteiger partial charge in [-0.15, -0.1) is 0 Å². The largest absolute Gasteiger partial charge is 0.270 e. The van der Waals surface area contributed by atoms with Gasteiger partial charge in [-0.2, -0.15) is 8.42 Å². The molecule has 0 heterocycles. The summed E-state index contributed by atoms with van der Waals surface area (Å²) in [6, 6.07) is 0. The molecule has 0 unspecified atom stereocenters. The van der Waals surface area contributed by atoms with Gasteiger partial charge in [-0.1, -0.05) is 96.8 Å². The first-order valence-electron chi connectivity index (χ1n) is 11.1. The molecular formula is C21H43FO3S. The average molecular weight is 395 g/mol. The number of hydrogen-bond acceptors (Lipinski definition) is 3. The standard InChI is InChI=1S/C21H43FO3S/c1-2-3-4-5-6-7-8-9-10-11-14-17-20-25-26(23,24)21-18-15-12-13-16-19-22/h2-21H2,1H3. The van der Waals surface area contributed by atoms with E-state index in [9.17, 15) is 12.8 Å². The molecule has 0 spiro atoms. The Kier molecular flexibility index (Phi) is 19.5. The number of halogens is 1. The summed E-state index contributed by atoms with van der Waals surface area (Å²) in [6.45, 7) is 2.29. The average Bonchev–Trinajstić information content (AvgIpc) is 2.62. The highest BCUT2D eigenvalue weighted by Crippen LogP contribution is 2.12. The fourth-order valence-corrected chi connectivity index (χ4v) is 4.14. The summed E-state index contributed by atoms with van der Waals surface area (Å²) < 4.78 is 40.5. The molecule has 0 aromatic rings. The van der Waals surface area contributed by atoms with Crippen LogP contribution in [0.25, 0.3) is 0 Å². The Morgan fingerprint density at radius 1 is 0.615 bits per heavy atom. The van der Waals surface area contributed by atoms with E-state index >= 15 is 0 Å². The Labute approximate surface area is 162 Å². The van der Waals surface area contributed by atoms with Crippen molar-refractivity contribution in [1.82, 2.24) is 0 Å². The second kappa shape index (κ2) is 19.6. The van der Waals surface area contributed by atoms with Crippen LogP contribution in [-0.4, -0.2) is 27.5 Å². The van der Waals surface area contributed by atoms with Crippen LogP contribution in [0.2, 0.25) is 0 Å². The molecule has 0 rings (SSSR count). The minimum absolute atomic E-state index is 0.0981. The van der Waals surface area contributed by atoms with Crippen LogP contribution in [0.5, 0.6) is 0 Å². The van der Waals surface area contributed by atoms with Crippen molar-refractivity contribution in [2.24, 2.45) is 0 Å². The molecule has 0 aliphatic carbocycles. The van der Waals surface area contributed by atoms with Gasteiger partial charge in [0.2, 0.25) is 0 Å². The highest BCUT2D eigenvalue weighted by atomic mass is 32.2. The quantitative estimate of drug-likeness (QED) is 0.156. The lowest BCUT2D eigenvalue weighted by atomic mass is 10.1. The van der Waals surface area contributed by atoms with Crippen molar-refractivity contribution >= 4 is 10.1 Å². The maximum atomic E-state index is 11.9. The fourth-order valence-electron chi connectivity index (χ4n) is 3.09. The van der Waals surface area contributed by atoms with Crippen LogP contribution >= 0.6 is 0 Å². The third kappa shape index (κ3) is 20.2.